The van der Waals surface area contributed by atoms with Gasteiger partial charge in [0.25, 0.3) is 0 Å². The molecule has 20 heavy (non-hydrogen) atoms. The number of hydrogen-bond donors (Lipinski definition) is 1. The van der Waals surface area contributed by atoms with E-state index in [0.717, 1.165) is 12.0 Å². The molecule has 0 spiro atoms. The monoisotopic (exact) mass is 276 g/mol. The lowest BCUT2D eigenvalue weighted by Gasteiger charge is -2.30. The van der Waals surface area contributed by atoms with E-state index in [1.807, 2.05) is 30.3 Å². The van der Waals surface area contributed by atoms with E-state index < -0.39 is 18.0 Å². The molecule has 2 rings (SSSR count). The summed E-state index contributed by atoms with van der Waals surface area (Å²) in [5.41, 5.74) is 1.15. The number of ketones is 1. The van der Waals surface area contributed by atoms with E-state index in [0.29, 0.717) is 12.8 Å². The average molecular weight is 276 g/mol. The van der Waals surface area contributed by atoms with Crippen molar-refractivity contribution < 1.29 is 19.4 Å². The molecule has 0 aromatic heterocycles. The highest BCUT2D eigenvalue weighted by molar-refractivity contribution is 5.88. The molecule has 0 unspecified atom stereocenters. The molecule has 4 nitrogen and oxygen atoms in total. The summed E-state index contributed by atoms with van der Waals surface area (Å²) in [6.07, 6.45) is 0.340. The number of Topliss-reactive ketones (excluding diaryl/α,β-unsaturated/α-hetero) is 1. The van der Waals surface area contributed by atoms with Crippen LogP contribution in [0.4, 0.5) is 0 Å². The molecule has 1 N–H and O–H groups in total. The maximum atomic E-state index is 12.0. The molecule has 0 amide bonds. The maximum Gasteiger partial charge on any atom is 0.335 e. The fraction of sp³-hybridized carbons (Fsp3) is 0.500. The summed E-state index contributed by atoms with van der Waals surface area (Å²) in [5, 5.41) is 10.0. The minimum Gasteiger partial charge on any atom is -0.464 e. The smallest absolute Gasteiger partial charge is 0.335 e. The zero-order valence-electron chi connectivity index (χ0n) is 11.6. The molecule has 1 aliphatic rings. The Morgan fingerprint density at radius 3 is 2.75 bits per heavy atom. The van der Waals surface area contributed by atoms with E-state index in [1.165, 1.54) is 0 Å². The number of rotatable bonds is 4. The predicted octanol–water partition coefficient (Wildman–Crippen LogP) is 2.06. The third-order valence-electron chi connectivity index (χ3n) is 3.87. The van der Waals surface area contributed by atoms with Gasteiger partial charge in [0, 0.05) is 6.42 Å². The third-order valence-corrected chi connectivity index (χ3v) is 3.87. The number of aliphatic hydroxyl groups excluding tert-OH is 1. The van der Waals surface area contributed by atoms with Crippen LogP contribution in [0.15, 0.2) is 30.3 Å². The quantitative estimate of drug-likeness (QED) is 0.855. The minimum atomic E-state index is -1.34. The van der Waals surface area contributed by atoms with Gasteiger partial charge in [-0.1, -0.05) is 30.3 Å². The summed E-state index contributed by atoms with van der Waals surface area (Å²) in [4.78, 5) is 23.6. The molecule has 1 aromatic rings. The van der Waals surface area contributed by atoms with Crippen molar-refractivity contribution in [3.05, 3.63) is 35.9 Å². The number of hydrogen-bond acceptors (Lipinski definition) is 4. The minimum absolute atomic E-state index is 0.0438. The summed E-state index contributed by atoms with van der Waals surface area (Å²) < 4.78 is 4.81. The fourth-order valence-corrected chi connectivity index (χ4v) is 2.78. The lowest BCUT2D eigenvalue weighted by molar-refractivity contribution is -0.159. The van der Waals surface area contributed by atoms with Gasteiger partial charge in [-0.3, -0.25) is 4.79 Å². The van der Waals surface area contributed by atoms with Crippen molar-refractivity contribution in [3.8, 4) is 0 Å². The second kappa shape index (κ2) is 6.66. The molecule has 1 fully saturated rings. The van der Waals surface area contributed by atoms with Gasteiger partial charge in [-0.2, -0.15) is 0 Å². The summed E-state index contributed by atoms with van der Waals surface area (Å²) in [6.45, 7) is 1.89. The Hall–Kier alpha value is -1.68. The van der Waals surface area contributed by atoms with Gasteiger partial charge in [0.2, 0.25) is 0 Å². The SMILES string of the molecule is CCOC(=O)[C@H](O)[C@H]1C[C@@H](c2ccccc2)CCC1=O. The Morgan fingerprint density at radius 1 is 1.40 bits per heavy atom. The zero-order valence-corrected chi connectivity index (χ0v) is 11.6. The van der Waals surface area contributed by atoms with Crippen LogP contribution in [0.3, 0.4) is 0 Å². The van der Waals surface area contributed by atoms with Crippen molar-refractivity contribution >= 4 is 11.8 Å². The highest BCUT2D eigenvalue weighted by Crippen LogP contribution is 2.35. The van der Waals surface area contributed by atoms with Gasteiger partial charge in [-0.05, 0) is 31.2 Å². The summed E-state index contributed by atoms with van der Waals surface area (Å²) >= 11 is 0. The van der Waals surface area contributed by atoms with Crippen LogP contribution in [0.25, 0.3) is 0 Å². The van der Waals surface area contributed by atoms with Crippen molar-refractivity contribution in [2.45, 2.75) is 38.2 Å². The van der Waals surface area contributed by atoms with Gasteiger partial charge < -0.3 is 9.84 Å². The number of carbonyl (C=O) groups excluding carboxylic acids is 2. The first-order chi connectivity index (χ1) is 9.63. The molecule has 3 atom stereocenters. The number of carbonyl (C=O) groups is 2. The first-order valence-corrected chi connectivity index (χ1v) is 7.05. The van der Waals surface area contributed by atoms with Crippen molar-refractivity contribution in [3.63, 3.8) is 0 Å². The van der Waals surface area contributed by atoms with Crippen LogP contribution in [0.5, 0.6) is 0 Å². The normalized spacial score (nSPS) is 24.2. The molecule has 4 heteroatoms. The molecule has 0 aliphatic heterocycles. The molecule has 1 aromatic carbocycles. The summed E-state index contributed by atoms with van der Waals surface area (Å²) in [5.74, 6) is -1.17. The van der Waals surface area contributed by atoms with Crippen molar-refractivity contribution in [2.24, 2.45) is 5.92 Å². The van der Waals surface area contributed by atoms with Gasteiger partial charge in [-0.25, -0.2) is 4.79 Å². The fourth-order valence-electron chi connectivity index (χ4n) is 2.78. The first-order valence-electron chi connectivity index (χ1n) is 7.05. The van der Waals surface area contributed by atoms with Crippen LogP contribution in [-0.4, -0.2) is 29.6 Å². The van der Waals surface area contributed by atoms with Gasteiger partial charge in [0.05, 0.1) is 12.5 Å². The second-order valence-electron chi connectivity index (χ2n) is 5.15. The van der Waals surface area contributed by atoms with E-state index in [9.17, 15) is 14.7 Å². The van der Waals surface area contributed by atoms with E-state index in [4.69, 9.17) is 4.74 Å². The van der Waals surface area contributed by atoms with Crippen molar-refractivity contribution in [1.29, 1.82) is 0 Å². The Bertz CT molecular complexity index is 469. The predicted molar refractivity (Wildman–Crippen MR) is 74.2 cm³/mol. The molecule has 0 bridgehead atoms. The average Bonchev–Trinajstić information content (AvgIpc) is 2.48. The number of ether oxygens (including phenoxy) is 1. The third kappa shape index (κ3) is 3.25. The van der Waals surface area contributed by atoms with E-state index in [1.54, 1.807) is 6.92 Å². The Kier molecular flexibility index (Phi) is 4.90. The van der Waals surface area contributed by atoms with Crippen molar-refractivity contribution in [2.75, 3.05) is 6.61 Å². The Labute approximate surface area is 118 Å². The van der Waals surface area contributed by atoms with Crippen LogP contribution < -0.4 is 0 Å². The van der Waals surface area contributed by atoms with Crippen LogP contribution in [-0.2, 0) is 14.3 Å². The zero-order chi connectivity index (χ0) is 14.5. The molecule has 0 heterocycles. The standard InChI is InChI=1S/C16H20O4/c1-2-20-16(19)15(18)13-10-12(8-9-14(13)17)11-6-4-3-5-7-11/h3-7,12-13,15,18H,2,8-10H2,1H3/t12-,13-,15+/m0/s1. The summed E-state index contributed by atoms with van der Waals surface area (Å²) in [6, 6.07) is 9.91. The molecule has 108 valence electrons. The van der Waals surface area contributed by atoms with Crippen LogP contribution in [0.2, 0.25) is 0 Å². The number of benzene rings is 1. The molecule has 0 saturated heterocycles. The van der Waals surface area contributed by atoms with Crippen molar-refractivity contribution in [1.82, 2.24) is 0 Å². The first kappa shape index (κ1) is 14.7. The van der Waals surface area contributed by atoms with Crippen LogP contribution >= 0.6 is 0 Å². The lowest BCUT2D eigenvalue weighted by atomic mass is 9.75. The van der Waals surface area contributed by atoms with Crippen LogP contribution in [0.1, 0.15) is 37.7 Å². The Morgan fingerprint density at radius 2 is 2.10 bits per heavy atom. The summed E-state index contributed by atoms with van der Waals surface area (Å²) in [7, 11) is 0. The highest BCUT2D eigenvalue weighted by Gasteiger charge is 2.38. The molecule has 1 aliphatic carbocycles. The van der Waals surface area contributed by atoms with Gasteiger partial charge in [0.15, 0.2) is 6.10 Å². The van der Waals surface area contributed by atoms with Gasteiger partial charge in [-0.15, -0.1) is 0 Å². The topological polar surface area (TPSA) is 63.6 Å². The number of aliphatic hydroxyl groups is 1. The molecule has 0 radical (unpaired) electrons. The number of esters is 1. The highest BCUT2D eigenvalue weighted by atomic mass is 16.5. The largest absolute Gasteiger partial charge is 0.464 e. The van der Waals surface area contributed by atoms with E-state index in [2.05, 4.69) is 0 Å². The van der Waals surface area contributed by atoms with Gasteiger partial charge >= 0.3 is 5.97 Å². The van der Waals surface area contributed by atoms with E-state index >= 15 is 0 Å². The van der Waals surface area contributed by atoms with Gasteiger partial charge in [0.1, 0.15) is 5.78 Å². The molecular formula is C16H20O4. The second-order valence-corrected chi connectivity index (χ2v) is 5.15. The van der Waals surface area contributed by atoms with Crippen LogP contribution in [0, 0.1) is 5.92 Å². The lowest BCUT2D eigenvalue weighted by Crippen LogP contribution is -2.39. The molecular weight excluding hydrogens is 256 g/mol. The molecule has 1 saturated carbocycles. The Balaban J connectivity index is 2.09. The maximum absolute atomic E-state index is 12.0. The van der Waals surface area contributed by atoms with E-state index in [-0.39, 0.29) is 18.3 Å².